The Kier molecular flexibility index (Phi) is 3.67. The molecule has 4 nitrogen and oxygen atoms in total. The summed E-state index contributed by atoms with van der Waals surface area (Å²) in [6.45, 7) is 1.81. The second-order valence-electron chi connectivity index (χ2n) is 3.16. The molecule has 0 atom stereocenters. The maximum Gasteiger partial charge on any atom is 0.328 e. The molecule has 1 aromatic rings. The summed E-state index contributed by atoms with van der Waals surface area (Å²) < 4.78 is 5.03. The molecule has 1 rings (SSSR count). The second-order valence-corrected chi connectivity index (χ2v) is 3.16. The maximum atomic E-state index is 10.4. The van der Waals surface area contributed by atoms with Crippen molar-refractivity contribution in [1.29, 1.82) is 5.26 Å². The number of rotatable bonds is 3. The highest BCUT2D eigenvalue weighted by molar-refractivity contribution is 5.86. The van der Waals surface area contributed by atoms with Gasteiger partial charge in [-0.2, -0.15) is 5.26 Å². The van der Waals surface area contributed by atoms with Gasteiger partial charge in [-0.05, 0) is 30.2 Å². The third-order valence-corrected chi connectivity index (χ3v) is 2.15. The summed E-state index contributed by atoms with van der Waals surface area (Å²) >= 11 is 0. The van der Waals surface area contributed by atoms with E-state index in [0.717, 1.165) is 11.6 Å². The Morgan fingerprint density at radius 2 is 2.25 bits per heavy atom. The summed E-state index contributed by atoms with van der Waals surface area (Å²) in [5.74, 6) is -0.607. The lowest BCUT2D eigenvalue weighted by Crippen LogP contribution is -1.94. The predicted molar refractivity (Wildman–Crippen MR) is 59.1 cm³/mol. The normalized spacial score (nSPS) is 10.1. The number of nitriles is 1. The van der Waals surface area contributed by atoms with Crippen molar-refractivity contribution < 1.29 is 14.6 Å². The second kappa shape index (κ2) is 4.99. The zero-order valence-electron chi connectivity index (χ0n) is 9.02. The van der Waals surface area contributed by atoms with Crippen LogP contribution in [-0.4, -0.2) is 18.2 Å². The van der Waals surface area contributed by atoms with E-state index in [0.29, 0.717) is 16.9 Å². The third-order valence-electron chi connectivity index (χ3n) is 2.15. The highest BCUT2D eigenvalue weighted by atomic mass is 16.5. The molecule has 0 aliphatic heterocycles. The average molecular weight is 217 g/mol. The molecule has 0 aliphatic rings. The van der Waals surface area contributed by atoms with Crippen LogP contribution in [0.4, 0.5) is 0 Å². The van der Waals surface area contributed by atoms with Crippen LogP contribution in [0.1, 0.15) is 16.7 Å². The average Bonchev–Trinajstić information content (AvgIpc) is 2.26. The molecule has 0 unspecified atom stereocenters. The van der Waals surface area contributed by atoms with Crippen molar-refractivity contribution in [3.05, 3.63) is 34.9 Å². The van der Waals surface area contributed by atoms with Crippen molar-refractivity contribution in [2.24, 2.45) is 0 Å². The smallest absolute Gasteiger partial charge is 0.328 e. The number of carboxylic acid groups (broad SMARTS) is 1. The van der Waals surface area contributed by atoms with Crippen molar-refractivity contribution in [2.75, 3.05) is 7.11 Å². The molecule has 1 N–H and O–H groups in total. The van der Waals surface area contributed by atoms with Crippen LogP contribution in [0, 0.1) is 18.3 Å². The molecule has 16 heavy (non-hydrogen) atoms. The highest BCUT2D eigenvalue weighted by Crippen LogP contribution is 2.25. The van der Waals surface area contributed by atoms with Crippen LogP contribution in [0.5, 0.6) is 5.75 Å². The molecular weight excluding hydrogens is 206 g/mol. The fourth-order valence-electron chi connectivity index (χ4n) is 1.36. The maximum absolute atomic E-state index is 10.4. The first-order valence-corrected chi connectivity index (χ1v) is 4.59. The van der Waals surface area contributed by atoms with Gasteiger partial charge in [0.15, 0.2) is 0 Å². The van der Waals surface area contributed by atoms with Gasteiger partial charge in [0.2, 0.25) is 0 Å². The van der Waals surface area contributed by atoms with Crippen molar-refractivity contribution in [1.82, 2.24) is 0 Å². The third kappa shape index (κ3) is 2.39. The Bertz CT molecular complexity index is 484. The number of carbonyl (C=O) groups is 1. The molecule has 0 spiro atoms. The summed E-state index contributed by atoms with van der Waals surface area (Å²) in [5, 5.41) is 17.6. The minimum Gasteiger partial charge on any atom is -0.495 e. The molecule has 1 aromatic carbocycles. The van der Waals surface area contributed by atoms with E-state index < -0.39 is 5.97 Å². The zero-order chi connectivity index (χ0) is 12.1. The van der Waals surface area contributed by atoms with Crippen molar-refractivity contribution in [3.8, 4) is 11.8 Å². The van der Waals surface area contributed by atoms with Gasteiger partial charge in [0, 0.05) is 6.08 Å². The zero-order valence-corrected chi connectivity index (χ0v) is 9.02. The van der Waals surface area contributed by atoms with Crippen LogP contribution in [0.15, 0.2) is 18.2 Å². The lowest BCUT2D eigenvalue weighted by molar-refractivity contribution is -0.131. The number of nitrogens with zero attached hydrogens (tertiary/aromatic N) is 1. The van der Waals surface area contributed by atoms with Crippen molar-refractivity contribution in [2.45, 2.75) is 6.92 Å². The minimum atomic E-state index is -1.05. The number of aliphatic carboxylic acids is 1. The van der Waals surface area contributed by atoms with Crippen molar-refractivity contribution in [3.63, 3.8) is 0 Å². The van der Waals surface area contributed by atoms with Crippen molar-refractivity contribution >= 4 is 12.0 Å². The van der Waals surface area contributed by atoms with E-state index in [1.165, 1.54) is 13.2 Å². The van der Waals surface area contributed by atoms with Gasteiger partial charge in [-0.25, -0.2) is 4.79 Å². The van der Waals surface area contributed by atoms with Crippen LogP contribution >= 0.6 is 0 Å². The highest BCUT2D eigenvalue weighted by Gasteiger charge is 2.09. The van der Waals surface area contributed by atoms with Gasteiger partial charge in [0.1, 0.15) is 17.4 Å². The SMILES string of the molecule is COc1ccc(C)c(/C=C/C(=O)O)c1C#N. The summed E-state index contributed by atoms with van der Waals surface area (Å²) in [6.07, 6.45) is 2.40. The van der Waals surface area contributed by atoms with Crippen LogP contribution in [0.3, 0.4) is 0 Å². The van der Waals surface area contributed by atoms with Gasteiger partial charge in [0.25, 0.3) is 0 Å². The number of benzene rings is 1. The van der Waals surface area contributed by atoms with E-state index in [1.807, 2.05) is 13.0 Å². The molecule has 0 aliphatic carbocycles. The van der Waals surface area contributed by atoms with Gasteiger partial charge in [0.05, 0.1) is 7.11 Å². The molecule has 82 valence electrons. The van der Waals surface area contributed by atoms with Crippen LogP contribution in [0.2, 0.25) is 0 Å². The summed E-state index contributed by atoms with van der Waals surface area (Å²) in [6, 6.07) is 5.48. The number of carboxylic acids is 1. The van der Waals surface area contributed by atoms with E-state index >= 15 is 0 Å². The first-order chi connectivity index (χ1) is 7.60. The number of methoxy groups -OCH3 is 1. The summed E-state index contributed by atoms with van der Waals surface area (Å²) in [5.41, 5.74) is 1.75. The Balaban J connectivity index is 3.36. The van der Waals surface area contributed by atoms with Crippen LogP contribution < -0.4 is 4.74 Å². The fraction of sp³-hybridized carbons (Fsp3) is 0.167. The van der Waals surface area contributed by atoms with E-state index in [9.17, 15) is 4.79 Å². The molecule has 0 amide bonds. The Hall–Kier alpha value is -2.28. The summed E-state index contributed by atoms with van der Waals surface area (Å²) in [4.78, 5) is 10.4. The Morgan fingerprint density at radius 3 is 2.75 bits per heavy atom. The number of ether oxygens (including phenoxy) is 1. The van der Waals surface area contributed by atoms with Gasteiger partial charge < -0.3 is 9.84 Å². The van der Waals surface area contributed by atoms with Gasteiger partial charge in [-0.15, -0.1) is 0 Å². The lowest BCUT2D eigenvalue weighted by atomic mass is 10.0. The first-order valence-electron chi connectivity index (χ1n) is 4.59. The first kappa shape index (κ1) is 11.8. The van der Waals surface area contributed by atoms with Gasteiger partial charge >= 0.3 is 5.97 Å². The van der Waals surface area contributed by atoms with E-state index in [1.54, 1.807) is 12.1 Å². The standard InChI is InChI=1S/C12H11NO3/c1-8-3-5-11(16-2)10(7-13)9(8)4-6-12(14)15/h3-6H,1-2H3,(H,14,15)/b6-4+. The van der Waals surface area contributed by atoms with Crippen LogP contribution in [0.25, 0.3) is 6.08 Å². The number of hydrogen-bond donors (Lipinski definition) is 1. The van der Waals surface area contributed by atoms with Gasteiger partial charge in [-0.3, -0.25) is 0 Å². The fourth-order valence-corrected chi connectivity index (χ4v) is 1.36. The molecule has 4 heteroatoms. The quantitative estimate of drug-likeness (QED) is 0.786. The molecule has 0 heterocycles. The monoisotopic (exact) mass is 217 g/mol. The molecule has 0 fully saturated rings. The molecule has 0 radical (unpaired) electrons. The predicted octanol–water partition coefficient (Wildman–Crippen LogP) is 1.97. The lowest BCUT2D eigenvalue weighted by Gasteiger charge is -2.07. The van der Waals surface area contributed by atoms with E-state index in [-0.39, 0.29) is 0 Å². The molecule has 0 saturated carbocycles. The molecule has 0 bridgehead atoms. The van der Waals surface area contributed by atoms with Crippen LogP contribution in [-0.2, 0) is 4.79 Å². The van der Waals surface area contributed by atoms with Gasteiger partial charge in [-0.1, -0.05) is 6.07 Å². The molecule has 0 saturated heterocycles. The number of aryl methyl sites for hydroxylation is 1. The van der Waals surface area contributed by atoms with E-state index in [2.05, 4.69) is 0 Å². The minimum absolute atomic E-state index is 0.347. The molecular formula is C12H11NO3. The Labute approximate surface area is 93.4 Å². The molecule has 0 aromatic heterocycles. The topological polar surface area (TPSA) is 70.3 Å². The number of hydrogen-bond acceptors (Lipinski definition) is 3. The van der Waals surface area contributed by atoms with E-state index in [4.69, 9.17) is 15.1 Å². The largest absolute Gasteiger partial charge is 0.495 e. The summed E-state index contributed by atoms with van der Waals surface area (Å²) in [7, 11) is 1.47. The Morgan fingerprint density at radius 1 is 1.56 bits per heavy atom.